The van der Waals surface area contributed by atoms with Crippen LogP contribution in [0.3, 0.4) is 0 Å². The van der Waals surface area contributed by atoms with Crippen LogP contribution in [-0.2, 0) is 42.3 Å². The third-order valence-electron chi connectivity index (χ3n) is 7.19. The van der Waals surface area contributed by atoms with Crippen molar-refractivity contribution >= 4 is 81.0 Å². The van der Waals surface area contributed by atoms with Crippen LogP contribution < -0.4 is 43.5 Å². The van der Waals surface area contributed by atoms with Crippen LogP contribution >= 0.6 is 7.26 Å². The summed E-state index contributed by atoms with van der Waals surface area (Å²) >= 11 is 11.0. The first-order valence-electron chi connectivity index (χ1n) is 14.1. The van der Waals surface area contributed by atoms with E-state index in [4.69, 9.17) is 25.3 Å². The third kappa shape index (κ3) is 8.65. The predicted octanol–water partition coefficient (Wildman–Crippen LogP) is 2.49. The molecule has 0 aromatic heterocycles. The van der Waals surface area contributed by atoms with Crippen LogP contribution in [0.25, 0.3) is 10.8 Å². The second-order valence-corrected chi connectivity index (χ2v) is 14.1. The Kier molecular flexibility index (Phi) is 14.5. The van der Waals surface area contributed by atoms with Crippen LogP contribution in [0.2, 0.25) is 0 Å². The number of rotatable bonds is 9. The SMILES string of the molecule is CNC([S-])=NN=C(C(C)=NN=C([S-])NC[P+](c1ccccc1)(c1ccccc1)c1ccccc1)c1cccc2ccccc12.[Br-].[Cu+2]. The molecule has 5 aromatic carbocycles. The van der Waals surface area contributed by atoms with Gasteiger partial charge in [0.1, 0.15) is 35.2 Å². The van der Waals surface area contributed by atoms with Gasteiger partial charge in [-0.2, -0.15) is 15.3 Å². The molecule has 2 N–H and O–H groups in total. The van der Waals surface area contributed by atoms with E-state index in [9.17, 15) is 0 Å². The van der Waals surface area contributed by atoms with Crippen molar-refractivity contribution < 1.29 is 34.1 Å². The van der Waals surface area contributed by atoms with Crippen LogP contribution in [0.4, 0.5) is 0 Å². The predicted molar refractivity (Wildman–Crippen MR) is 195 cm³/mol. The van der Waals surface area contributed by atoms with Crippen molar-refractivity contribution in [2.45, 2.75) is 6.92 Å². The number of nitrogens with one attached hydrogen (secondary N) is 2. The van der Waals surface area contributed by atoms with Crippen LogP contribution in [0.1, 0.15) is 12.5 Å². The summed E-state index contributed by atoms with van der Waals surface area (Å²) in [7, 11) is -0.431. The summed E-state index contributed by atoms with van der Waals surface area (Å²) in [5, 5.41) is 30.3. The van der Waals surface area contributed by atoms with Gasteiger partial charge in [-0.1, -0.05) is 97.1 Å². The summed E-state index contributed by atoms with van der Waals surface area (Å²) in [6.07, 6.45) is 0.581. The fourth-order valence-electron chi connectivity index (χ4n) is 5.06. The Morgan fingerprint density at radius 3 is 1.63 bits per heavy atom. The molecule has 0 spiro atoms. The van der Waals surface area contributed by atoms with Crippen molar-refractivity contribution in [1.82, 2.24) is 10.6 Å². The van der Waals surface area contributed by atoms with Crippen LogP contribution in [0.15, 0.2) is 154 Å². The number of hydrogen-bond donors (Lipinski definition) is 2. The number of fused-ring (bicyclic) bond motifs is 1. The summed E-state index contributed by atoms with van der Waals surface area (Å²) in [5.74, 6) is 0. The van der Waals surface area contributed by atoms with Crippen molar-refractivity contribution in [2.24, 2.45) is 20.4 Å². The van der Waals surface area contributed by atoms with E-state index in [-0.39, 0.29) is 44.4 Å². The van der Waals surface area contributed by atoms with E-state index in [1.165, 1.54) is 15.9 Å². The van der Waals surface area contributed by atoms with Crippen molar-refractivity contribution in [3.63, 3.8) is 0 Å². The molecule has 5 aromatic rings. The molecule has 5 rings (SSSR count). The largest absolute Gasteiger partial charge is 2.00 e. The van der Waals surface area contributed by atoms with Crippen LogP contribution in [0, 0.1) is 0 Å². The molecule has 11 heteroatoms. The van der Waals surface area contributed by atoms with Gasteiger partial charge in [-0.05, 0) is 59.3 Å². The number of hydrogen-bond acceptors (Lipinski definition) is 6. The molecule has 46 heavy (non-hydrogen) atoms. The van der Waals surface area contributed by atoms with E-state index in [1.807, 2.05) is 55.5 Å². The zero-order chi connectivity index (χ0) is 30.8. The Labute approximate surface area is 303 Å². The second-order valence-electron chi connectivity index (χ2n) is 9.87. The van der Waals surface area contributed by atoms with Crippen LogP contribution in [0.5, 0.6) is 0 Å². The molecule has 0 aliphatic rings. The van der Waals surface area contributed by atoms with Gasteiger partial charge < -0.3 is 52.9 Å². The minimum absolute atomic E-state index is 0. The van der Waals surface area contributed by atoms with E-state index < -0.39 is 7.26 Å². The van der Waals surface area contributed by atoms with E-state index in [0.29, 0.717) is 17.7 Å². The average Bonchev–Trinajstić information content (AvgIpc) is 3.09. The molecule has 0 fully saturated rings. The Hall–Kier alpha value is -3.49. The van der Waals surface area contributed by atoms with Gasteiger partial charge in [0, 0.05) is 17.8 Å². The molecule has 237 valence electrons. The van der Waals surface area contributed by atoms with E-state index in [1.54, 1.807) is 7.05 Å². The molecule has 0 atom stereocenters. The van der Waals surface area contributed by atoms with Crippen molar-refractivity contribution in [3.05, 3.63) is 139 Å². The Morgan fingerprint density at radius 1 is 0.609 bits per heavy atom. The summed E-state index contributed by atoms with van der Waals surface area (Å²) in [6.45, 7) is 1.85. The topological polar surface area (TPSA) is 73.5 Å². The summed E-state index contributed by atoms with van der Waals surface area (Å²) in [5.41, 5.74) is 2.00. The van der Waals surface area contributed by atoms with Gasteiger partial charge in [-0.15, -0.1) is 5.10 Å². The van der Waals surface area contributed by atoms with E-state index in [2.05, 4.69) is 116 Å². The number of benzene rings is 5. The number of amidine groups is 2. The zero-order valence-electron chi connectivity index (χ0n) is 25.1. The molecule has 6 nitrogen and oxygen atoms in total. The fourth-order valence-corrected chi connectivity index (χ4v) is 9.19. The van der Waals surface area contributed by atoms with Gasteiger partial charge in [0.25, 0.3) is 0 Å². The van der Waals surface area contributed by atoms with E-state index >= 15 is 0 Å². The van der Waals surface area contributed by atoms with Crippen molar-refractivity contribution in [3.8, 4) is 0 Å². The van der Waals surface area contributed by atoms with Crippen molar-refractivity contribution in [2.75, 3.05) is 13.3 Å². The van der Waals surface area contributed by atoms with Crippen LogP contribution in [-0.4, -0.2) is 35.1 Å². The Balaban J connectivity index is 0.00000288. The molecule has 0 unspecified atom stereocenters. The first-order valence-corrected chi connectivity index (χ1v) is 16.9. The molecule has 0 saturated heterocycles. The van der Waals surface area contributed by atoms with Gasteiger partial charge in [0.15, 0.2) is 0 Å². The second kappa shape index (κ2) is 18.0. The van der Waals surface area contributed by atoms with Gasteiger partial charge in [0.05, 0.1) is 5.71 Å². The Bertz CT molecular complexity index is 1740. The molecule has 0 aliphatic carbocycles. The third-order valence-corrected chi connectivity index (χ3v) is 11.9. The summed E-state index contributed by atoms with van der Waals surface area (Å²) in [4.78, 5) is 0. The summed E-state index contributed by atoms with van der Waals surface area (Å²) in [6, 6.07) is 46.0. The maximum absolute atomic E-state index is 5.73. The molecule has 0 aliphatic heterocycles. The molecule has 0 bridgehead atoms. The minimum Gasteiger partial charge on any atom is -1.00 e. The van der Waals surface area contributed by atoms with Gasteiger partial charge in [-0.25, -0.2) is 0 Å². The molecule has 0 saturated carbocycles. The van der Waals surface area contributed by atoms with E-state index in [0.717, 1.165) is 16.3 Å². The summed E-state index contributed by atoms with van der Waals surface area (Å²) < 4.78 is 0. The number of nitrogens with zero attached hydrogens (tertiary/aromatic N) is 4. The maximum Gasteiger partial charge on any atom is 2.00 e. The normalized spacial score (nSPS) is 12.6. The monoisotopic (exact) mass is 773 g/mol. The number of halogens is 1. The minimum atomic E-state index is -2.14. The van der Waals surface area contributed by atoms with Crippen molar-refractivity contribution in [1.29, 1.82) is 0 Å². The standard InChI is InChI=1S/C35H33N6PS2.BrH.Cu/c1-26(33(39-40-34(43)36-2)32-24-14-16-27-15-12-13-23-31(27)32)38-41-35(44)37-25-42(28-17-6-3-7-18-28,29-19-8-4-9-20-29)30-21-10-5-11-22-30;;/h3-24H,25H2,1-2H3,(H3-,36,37,38,39,40,41,43,44);1H;/q;;+2/p-2. The first kappa shape index (κ1) is 37.0. The van der Waals surface area contributed by atoms with Gasteiger partial charge in [0.2, 0.25) is 0 Å². The molecular weight excluding hydrogens is 743 g/mol. The Morgan fingerprint density at radius 2 is 1.09 bits per heavy atom. The first-order chi connectivity index (χ1) is 21.5. The maximum atomic E-state index is 5.73. The van der Waals surface area contributed by atoms with Gasteiger partial charge >= 0.3 is 17.1 Å². The molecule has 0 amide bonds. The molecule has 1 radical (unpaired) electrons. The zero-order valence-corrected chi connectivity index (χ0v) is 30.2. The fraction of sp³-hybridized carbons (Fsp3) is 0.0857. The quantitative estimate of drug-likeness (QED) is 0.0604. The molecule has 0 heterocycles. The smallest absolute Gasteiger partial charge is 1.00 e. The molecular formula is C35H32BrCuN6PS2. The average molecular weight is 775 g/mol. The van der Waals surface area contributed by atoms with Gasteiger partial charge in [-0.3, -0.25) is 0 Å².